The molecule has 0 aromatic heterocycles. The van der Waals surface area contributed by atoms with E-state index in [1.165, 1.54) is 4.90 Å². The summed E-state index contributed by atoms with van der Waals surface area (Å²) >= 11 is 0. The van der Waals surface area contributed by atoms with Gasteiger partial charge in [0.15, 0.2) is 0 Å². The van der Waals surface area contributed by atoms with Crippen molar-refractivity contribution in [2.75, 3.05) is 7.05 Å². The van der Waals surface area contributed by atoms with Gasteiger partial charge in [0.05, 0.1) is 12.1 Å². The van der Waals surface area contributed by atoms with Crippen molar-refractivity contribution in [3.63, 3.8) is 0 Å². The Bertz CT molecular complexity index is 247. The normalized spacial score (nSPS) is 26.3. The Kier molecular flexibility index (Phi) is 4.19. The molecule has 1 aliphatic rings. The Balaban J connectivity index is 2.55. The first-order chi connectivity index (χ1) is 7.31. The Morgan fingerprint density at radius 1 is 1.31 bits per heavy atom. The SMILES string of the molecule is CN(C(=O)OC(C)(C)C)[C@@H]1CCCC[C@H]1O. The molecule has 1 saturated carbocycles. The Hall–Kier alpha value is -0.770. The Morgan fingerprint density at radius 3 is 2.38 bits per heavy atom. The van der Waals surface area contributed by atoms with Crippen LogP contribution >= 0.6 is 0 Å². The number of ether oxygens (including phenoxy) is 1. The lowest BCUT2D eigenvalue weighted by molar-refractivity contribution is -0.00835. The van der Waals surface area contributed by atoms with Gasteiger partial charge in [-0.1, -0.05) is 12.8 Å². The zero-order valence-electron chi connectivity index (χ0n) is 10.7. The number of carbonyl (C=O) groups is 1. The second-order valence-corrected chi connectivity index (χ2v) is 5.51. The summed E-state index contributed by atoms with van der Waals surface area (Å²) in [6, 6.07) is -0.0939. The van der Waals surface area contributed by atoms with Crippen molar-refractivity contribution >= 4 is 6.09 Å². The summed E-state index contributed by atoms with van der Waals surface area (Å²) in [5.74, 6) is 0. The number of aliphatic hydroxyl groups is 1. The summed E-state index contributed by atoms with van der Waals surface area (Å²) in [5.41, 5.74) is -0.481. The summed E-state index contributed by atoms with van der Waals surface area (Å²) < 4.78 is 5.28. The van der Waals surface area contributed by atoms with Crippen molar-refractivity contribution in [3.8, 4) is 0 Å². The van der Waals surface area contributed by atoms with Crippen LogP contribution in [0.3, 0.4) is 0 Å². The molecule has 0 saturated heterocycles. The van der Waals surface area contributed by atoms with Gasteiger partial charge in [-0.15, -0.1) is 0 Å². The number of hydrogen-bond donors (Lipinski definition) is 1. The van der Waals surface area contributed by atoms with Crippen molar-refractivity contribution in [1.82, 2.24) is 4.90 Å². The molecule has 0 unspecified atom stereocenters. The first kappa shape index (κ1) is 13.3. The zero-order chi connectivity index (χ0) is 12.3. The summed E-state index contributed by atoms with van der Waals surface area (Å²) in [4.78, 5) is 13.3. The first-order valence-corrected chi connectivity index (χ1v) is 5.95. The predicted molar refractivity (Wildman–Crippen MR) is 62.3 cm³/mol. The third-order valence-electron chi connectivity index (χ3n) is 2.87. The number of nitrogens with zero attached hydrogens (tertiary/aromatic N) is 1. The summed E-state index contributed by atoms with van der Waals surface area (Å²) in [7, 11) is 1.70. The van der Waals surface area contributed by atoms with E-state index in [2.05, 4.69) is 0 Å². The maximum atomic E-state index is 11.8. The molecule has 1 amide bonds. The van der Waals surface area contributed by atoms with E-state index in [1.807, 2.05) is 20.8 Å². The number of carbonyl (C=O) groups excluding carboxylic acids is 1. The van der Waals surface area contributed by atoms with Gasteiger partial charge in [-0.25, -0.2) is 4.79 Å². The quantitative estimate of drug-likeness (QED) is 0.749. The highest BCUT2D eigenvalue weighted by Gasteiger charge is 2.31. The standard InChI is InChI=1S/C12H23NO3/c1-12(2,3)16-11(15)13(4)9-7-5-6-8-10(9)14/h9-10,14H,5-8H2,1-4H3/t9-,10-/m1/s1. The fraction of sp³-hybridized carbons (Fsp3) is 0.917. The molecule has 16 heavy (non-hydrogen) atoms. The van der Waals surface area contributed by atoms with Gasteiger partial charge in [0, 0.05) is 7.05 Å². The van der Waals surface area contributed by atoms with Gasteiger partial charge in [-0.3, -0.25) is 0 Å². The Labute approximate surface area is 97.6 Å². The fourth-order valence-electron chi connectivity index (χ4n) is 2.01. The van der Waals surface area contributed by atoms with Gasteiger partial charge in [0.25, 0.3) is 0 Å². The topological polar surface area (TPSA) is 49.8 Å². The van der Waals surface area contributed by atoms with Gasteiger partial charge in [-0.05, 0) is 33.6 Å². The molecule has 94 valence electrons. The number of likely N-dealkylation sites (N-methyl/N-ethyl adjacent to an activating group) is 1. The zero-order valence-corrected chi connectivity index (χ0v) is 10.7. The lowest BCUT2D eigenvalue weighted by atomic mass is 9.92. The van der Waals surface area contributed by atoms with Gasteiger partial charge in [-0.2, -0.15) is 0 Å². The van der Waals surface area contributed by atoms with Crippen molar-refractivity contribution in [2.24, 2.45) is 0 Å². The average Bonchev–Trinajstić information content (AvgIpc) is 2.15. The largest absolute Gasteiger partial charge is 0.444 e. The number of rotatable bonds is 1. The fourth-order valence-corrected chi connectivity index (χ4v) is 2.01. The van der Waals surface area contributed by atoms with E-state index in [0.717, 1.165) is 25.7 Å². The second-order valence-electron chi connectivity index (χ2n) is 5.51. The highest BCUT2D eigenvalue weighted by molar-refractivity contribution is 5.68. The van der Waals surface area contributed by atoms with Crippen LogP contribution in [0.1, 0.15) is 46.5 Å². The molecular weight excluding hydrogens is 206 g/mol. The average molecular weight is 229 g/mol. The van der Waals surface area contributed by atoms with E-state index >= 15 is 0 Å². The molecule has 2 atom stereocenters. The molecule has 1 rings (SSSR count). The number of amides is 1. The van der Waals surface area contributed by atoms with E-state index in [0.29, 0.717) is 0 Å². The molecule has 4 heteroatoms. The minimum absolute atomic E-state index is 0.0939. The van der Waals surface area contributed by atoms with Crippen LogP contribution in [0.4, 0.5) is 4.79 Å². The van der Waals surface area contributed by atoms with Crippen LogP contribution in [0.5, 0.6) is 0 Å². The molecule has 0 aromatic rings. The molecule has 0 heterocycles. The lowest BCUT2D eigenvalue weighted by Crippen LogP contribution is -2.47. The van der Waals surface area contributed by atoms with Crippen molar-refractivity contribution in [1.29, 1.82) is 0 Å². The van der Waals surface area contributed by atoms with Crippen molar-refractivity contribution < 1.29 is 14.6 Å². The second kappa shape index (κ2) is 5.04. The van der Waals surface area contributed by atoms with Crippen LogP contribution in [-0.2, 0) is 4.74 Å². The van der Waals surface area contributed by atoms with Gasteiger partial charge >= 0.3 is 6.09 Å². The monoisotopic (exact) mass is 229 g/mol. The van der Waals surface area contributed by atoms with Crippen LogP contribution in [0.15, 0.2) is 0 Å². The lowest BCUT2D eigenvalue weighted by Gasteiger charge is -2.36. The molecule has 0 bridgehead atoms. The number of aliphatic hydroxyl groups excluding tert-OH is 1. The van der Waals surface area contributed by atoms with E-state index in [-0.39, 0.29) is 12.1 Å². The Morgan fingerprint density at radius 2 is 1.88 bits per heavy atom. The van der Waals surface area contributed by atoms with Crippen LogP contribution in [0, 0.1) is 0 Å². The first-order valence-electron chi connectivity index (χ1n) is 5.95. The predicted octanol–water partition coefficient (Wildman–Crippen LogP) is 2.16. The van der Waals surface area contributed by atoms with E-state index in [9.17, 15) is 9.90 Å². The molecule has 0 radical (unpaired) electrons. The molecule has 0 aliphatic heterocycles. The molecule has 1 N–H and O–H groups in total. The molecular formula is C12H23NO3. The van der Waals surface area contributed by atoms with Gasteiger partial charge < -0.3 is 14.7 Å². The van der Waals surface area contributed by atoms with E-state index in [1.54, 1.807) is 7.05 Å². The van der Waals surface area contributed by atoms with E-state index in [4.69, 9.17) is 4.74 Å². The van der Waals surface area contributed by atoms with Crippen LogP contribution in [0.2, 0.25) is 0 Å². The number of hydrogen-bond acceptors (Lipinski definition) is 3. The summed E-state index contributed by atoms with van der Waals surface area (Å²) in [6.07, 6.45) is 2.98. The summed E-state index contributed by atoms with van der Waals surface area (Å²) in [5, 5.41) is 9.84. The minimum Gasteiger partial charge on any atom is -0.444 e. The third-order valence-corrected chi connectivity index (χ3v) is 2.87. The highest BCUT2D eigenvalue weighted by atomic mass is 16.6. The van der Waals surface area contributed by atoms with Crippen LogP contribution < -0.4 is 0 Å². The maximum absolute atomic E-state index is 11.8. The molecule has 1 aliphatic carbocycles. The highest BCUT2D eigenvalue weighted by Crippen LogP contribution is 2.23. The molecule has 4 nitrogen and oxygen atoms in total. The van der Waals surface area contributed by atoms with Gasteiger partial charge in [0.2, 0.25) is 0 Å². The van der Waals surface area contributed by atoms with Crippen molar-refractivity contribution in [3.05, 3.63) is 0 Å². The molecule has 1 fully saturated rings. The third kappa shape index (κ3) is 3.67. The van der Waals surface area contributed by atoms with E-state index < -0.39 is 11.7 Å². The molecule has 0 spiro atoms. The van der Waals surface area contributed by atoms with Gasteiger partial charge in [0.1, 0.15) is 5.60 Å². The van der Waals surface area contributed by atoms with Crippen LogP contribution in [0.25, 0.3) is 0 Å². The summed E-state index contributed by atoms with van der Waals surface area (Å²) in [6.45, 7) is 5.53. The molecule has 0 aromatic carbocycles. The van der Waals surface area contributed by atoms with Crippen molar-refractivity contribution in [2.45, 2.75) is 64.2 Å². The smallest absolute Gasteiger partial charge is 0.410 e. The maximum Gasteiger partial charge on any atom is 0.410 e. The van der Waals surface area contributed by atoms with Crippen LogP contribution in [-0.4, -0.2) is 40.9 Å². The minimum atomic E-state index is -0.481.